The van der Waals surface area contributed by atoms with Crippen LogP contribution in [0, 0.1) is 0 Å². The minimum Gasteiger partial charge on any atom is -0.496 e. The summed E-state index contributed by atoms with van der Waals surface area (Å²) in [6.45, 7) is 0. The standard InChI is InChI=1S/C21H15ClN2O2S/c1-26-17-11-10-13(14-6-2-3-7-15(14)17)12-23-24-21(25)20-19(22)16-8-4-5-9-18(16)27-20/h2-12H,1H3,(H,24,25). The molecule has 4 aromatic rings. The monoisotopic (exact) mass is 394 g/mol. The number of rotatable bonds is 4. The van der Waals surface area contributed by atoms with Gasteiger partial charge in [-0.15, -0.1) is 11.3 Å². The number of hydrazone groups is 1. The Morgan fingerprint density at radius 1 is 1.04 bits per heavy atom. The molecule has 4 rings (SSSR count). The van der Waals surface area contributed by atoms with E-state index >= 15 is 0 Å². The van der Waals surface area contributed by atoms with E-state index in [1.54, 1.807) is 13.3 Å². The van der Waals surface area contributed by atoms with Crippen molar-refractivity contribution in [3.8, 4) is 5.75 Å². The molecular weight excluding hydrogens is 380 g/mol. The first-order valence-electron chi connectivity index (χ1n) is 8.25. The molecule has 0 bridgehead atoms. The highest BCUT2D eigenvalue weighted by molar-refractivity contribution is 7.21. The number of thiophene rings is 1. The minimum absolute atomic E-state index is 0.324. The van der Waals surface area contributed by atoms with Crippen LogP contribution in [0.5, 0.6) is 5.75 Å². The zero-order chi connectivity index (χ0) is 18.8. The first kappa shape index (κ1) is 17.5. The van der Waals surface area contributed by atoms with Crippen molar-refractivity contribution in [1.82, 2.24) is 5.43 Å². The third-order valence-corrected chi connectivity index (χ3v) is 5.92. The lowest BCUT2D eigenvalue weighted by molar-refractivity contribution is 0.0959. The molecule has 1 N–H and O–H groups in total. The van der Waals surface area contributed by atoms with E-state index in [2.05, 4.69) is 10.5 Å². The quantitative estimate of drug-likeness (QED) is 0.368. The summed E-state index contributed by atoms with van der Waals surface area (Å²) in [6.07, 6.45) is 1.63. The fourth-order valence-electron chi connectivity index (χ4n) is 2.96. The van der Waals surface area contributed by atoms with Gasteiger partial charge in [-0.2, -0.15) is 5.10 Å². The molecule has 4 nitrogen and oxygen atoms in total. The molecule has 1 amide bonds. The number of amides is 1. The molecule has 1 aromatic heterocycles. The molecule has 0 aliphatic heterocycles. The Labute approximate surface area is 165 Å². The third kappa shape index (κ3) is 3.27. The Kier molecular flexibility index (Phi) is 4.79. The van der Waals surface area contributed by atoms with Gasteiger partial charge < -0.3 is 4.74 Å². The molecule has 3 aromatic carbocycles. The molecule has 0 spiro atoms. The average Bonchev–Trinajstić information content (AvgIpc) is 3.05. The number of hydrogen-bond acceptors (Lipinski definition) is 4. The van der Waals surface area contributed by atoms with E-state index in [9.17, 15) is 4.79 Å². The highest BCUT2D eigenvalue weighted by Gasteiger charge is 2.16. The number of nitrogens with zero attached hydrogens (tertiary/aromatic N) is 1. The van der Waals surface area contributed by atoms with Crippen LogP contribution in [-0.4, -0.2) is 19.2 Å². The Morgan fingerprint density at radius 2 is 1.74 bits per heavy atom. The Balaban J connectivity index is 1.60. The van der Waals surface area contributed by atoms with Gasteiger partial charge in [0.2, 0.25) is 0 Å². The third-order valence-electron chi connectivity index (χ3n) is 4.25. The van der Waals surface area contributed by atoms with Crippen molar-refractivity contribution in [2.75, 3.05) is 7.11 Å². The van der Waals surface area contributed by atoms with E-state index in [0.717, 1.165) is 32.2 Å². The lowest BCUT2D eigenvalue weighted by Crippen LogP contribution is -2.16. The van der Waals surface area contributed by atoms with Crippen LogP contribution in [0.15, 0.2) is 65.8 Å². The topological polar surface area (TPSA) is 50.7 Å². The van der Waals surface area contributed by atoms with Crippen LogP contribution in [0.3, 0.4) is 0 Å². The number of carbonyl (C=O) groups excluding carboxylic acids is 1. The summed E-state index contributed by atoms with van der Waals surface area (Å²) < 4.78 is 6.37. The van der Waals surface area contributed by atoms with Crippen LogP contribution >= 0.6 is 22.9 Å². The van der Waals surface area contributed by atoms with E-state index < -0.39 is 0 Å². The lowest BCUT2D eigenvalue weighted by atomic mass is 10.0. The number of ether oxygens (including phenoxy) is 1. The van der Waals surface area contributed by atoms with E-state index in [0.29, 0.717) is 9.90 Å². The van der Waals surface area contributed by atoms with Crippen LogP contribution < -0.4 is 10.2 Å². The van der Waals surface area contributed by atoms with Crippen molar-refractivity contribution < 1.29 is 9.53 Å². The van der Waals surface area contributed by atoms with E-state index in [1.165, 1.54) is 11.3 Å². The van der Waals surface area contributed by atoms with Crippen molar-refractivity contribution >= 4 is 55.9 Å². The van der Waals surface area contributed by atoms with Gasteiger partial charge in [0, 0.05) is 21.0 Å². The van der Waals surface area contributed by atoms with Gasteiger partial charge in [-0.25, -0.2) is 5.43 Å². The second kappa shape index (κ2) is 7.39. The lowest BCUT2D eigenvalue weighted by Gasteiger charge is -2.07. The zero-order valence-corrected chi connectivity index (χ0v) is 16.0. The summed E-state index contributed by atoms with van der Waals surface area (Å²) in [5.74, 6) is 0.471. The Bertz CT molecular complexity index is 1180. The summed E-state index contributed by atoms with van der Waals surface area (Å²) in [5, 5.41) is 7.43. The Hall–Kier alpha value is -2.89. The van der Waals surface area contributed by atoms with Gasteiger partial charge >= 0.3 is 0 Å². The van der Waals surface area contributed by atoms with Crippen LogP contribution in [0.1, 0.15) is 15.2 Å². The predicted octanol–water partition coefficient (Wildman–Crippen LogP) is 5.48. The van der Waals surface area contributed by atoms with Crippen molar-refractivity contribution in [2.45, 2.75) is 0 Å². The summed E-state index contributed by atoms with van der Waals surface area (Å²) in [6, 6.07) is 19.3. The molecule has 0 aliphatic rings. The van der Waals surface area contributed by atoms with Crippen LogP contribution in [0.2, 0.25) is 5.02 Å². The Morgan fingerprint density at radius 3 is 2.48 bits per heavy atom. The molecule has 0 fully saturated rings. The summed E-state index contributed by atoms with van der Waals surface area (Å²) in [4.78, 5) is 12.9. The van der Waals surface area contributed by atoms with Crippen LogP contribution in [-0.2, 0) is 0 Å². The normalized spacial score (nSPS) is 11.3. The SMILES string of the molecule is COc1ccc(C=NNC(=O)c2sc3ccccc3c2Cl)c2ccccc12. The van der Waals surface area contributed by atoms with Gasteiger partial charge in [-0.1, -0.05) is 54.1 Å². The van der Waals surface area contributed by atoms with Crippen LogP contribution in [0.25, 0.3) is 20.9 Å². The smallest absolute Gasteiger partial charge is 0.283 e. The molecule has 0 unspecified atom stereocenters. The van der Waals surface area contributed by atoms with Crippen molar-refractivity contribution in [1.29, 1.82) is 0 Å². The number of hydrogen-bond donors (Lipinski definition) is 1. The molecule has 0 atom stereocenters. The first-order valence-corrected chi connectivity index (χ1v) is 9.44. The summed E-state index contributed by atoms with van der Waals surface area (Å²) in [5.41, 5.74) is 3.45. The number of methoxy groups -OCH3 is 1. The first-order chi connectivity index (χ1) is 13.2. The maximum atomic E-state index is 12.5. The molecule has 0 saturated heterocycles. The second-order valence-corrected chi connectivity index (χ2v) is 7.27. The van der Waals surface area contributed by atoms with Crippen molar-refractivity contribution in [3.63, 3.8) is 0 Å². The maximum Gasteiger partial charge on any atom is 0.283 e. The van der Waals surface area contributed by atoms with Gasteiger partial charge in [0.25, 0.3) is 5.91 Å². The second-order valence-electron chi connectivity index (χ2n) is 5.84. The summed E-state index contributed by atoms with van der Waals surface area (Å²) in [7, 11) is 1.64. The van der Waals surface area contributed by atoms with Gasteiger partial charge in [0.15, 0.2) is 0 Å². The summed E-state index contributed by atoms with van der Waals surface area (Å²) >= 11 is 7.69. The fraction of sp³-hybridized carbons (Fsp3) is 0.0476. The van der Waals surface area contributed by atoms with Gasteiger partial charge in [0.05, 0.1) is 18.3 Å². The molecule has 0 saturated carbocycles. The van der Waals surface area contributed by atoms with Gasteiger partial charge in [0.1, 0.15) is 10.6 Å². The van der Waals surface area contributed by atoms with E-state index in [1.807, 2.05) is 60.7 Å². The number of halogens is 1. The fourth-order valence-corrected chi connectivity index (χ4v) is 4.36. The number of carbonyl (C=O) groups is 1. The maximum absolute atomic E-state index is 12.5. The van der Waals surface area contributed by atoms with Gasteiger partial charge in [-0.05, 0) is 23.6 Å². The molecule has 134 valence electrons. The number of fused-ring (bicyclic) bond motifs is 2. The molecule has 1 heterocycles. The molecular formula is C21H15ClN2O2S. The average molecular weight is 395 g/mol. The van der Waals surface area contributed by atoms with Crippen molar-refractivity contribution in [2.24, 2.45) is 5.10 Å². The molecule has 0 radical (unpaired) electrons. The zero-order valence-electron chi connectivity index (χ0n) is 14.4. The van der Waals surface area contributed by atoms with Gasteiger partial charge in [-0.3, -0.25) is 4.79 Å². The molecule has 0 aliphatic carbocycles. The van der Waals surface area contributed by atoms with E-state index in [-0.39, 0.29) is 5.91 Å². The largest absolute Gasteiger partial charge is 0.496 e. The van der Waals surface area contributed by atoms with Crippen molar-refractivity contribution in [3.05, 3.63) is 76.1 Å². The number of benzene rings is 3. The van der Waals surface area contributed by atoms with Crippen LogP contribution in [0.4, 0.5) is 0 Å². The molecule has 6 heteroatoms. The molecule has 27 heavy (non-hydrogen) atoms. The minimum atomic E-state index is -0.324. The highest BCUT2D eigenvalue weighted by Crippen LogP contribution is 2.35. The number of nitrogens with one attached hydrogen (secondary N) is 1. The highest BCUT2D eigenvalue weighted by atomic mass is 35.5. The predicted molar refractivity (Wildman–Crippen MR) is 112 cm³/mol. The van der Waals surface area contributed by atoms with E-state index in [4.69, 9.17) is 16.3 Å².